The molecule has 0 bridgehead atoms. The molecular weight excluding hydrogens is 415 g/mol. The van der Waals surface area contributed by atoms with Gasteiger partial charge < -0.3 is 14.2 Å². The van der Waals surface area contributed by atoms with Crippen molar-refractivity contribution in [3.63, 3.8) is 0 Å². The number of ether oxygens (including phenoxy) is 3. The molecule has 1 unspecified atom stereocenters. The van der Waals surface area contributed by atoms with Crippen molar-refractivity contribution in [3.8, 4) is 11.5 Å². The van der Waals surface area contributed by atoms with Gasteiger partial charge in [-0.25, -0.2) is 4.39 Å². The third kappa shape index (κ3) is 4.92. The molecule has 4 rings (SSSR count). The Morgan fingerprint density at radius 3 is 2.61 bits per heavy atom. The number of ketones is 1. The van der Waals surface area contributed by atoms with Crippen LogP contribution in [0.3, 0.4) is 0 Å². The van der Waals surface area contributed by atoms with Crippen molar-refractivity contribution in [2.24, 2.45) is 0 Å². The van der Waals surface area contributed by atoms with Gasteiger partial charge in [0.15, 0.2) is 5.78 Å². The molecule has 0 saturated carbocycles. The van der Waals surface area contributed by atoms with Crippen molar-refractivity contribution in [1.82, 2.24) is 0 Å². The highest BCUT2D eigenvalue weighted by Gasteiger charge is 2.25. The zero-order valence-corrected chi connectivity index (χ0v) is 18.2. The fraction of sp³-hybridized carbons (Fsp3) is 0.240. The second kappa shape index (κ2) is 9.54. The van der Waals surface area contributed by atoms with Gasteiger partial charge in [0, 0.05) is 39.3 Å². The van der Waals surface area contributed by atoms with Gasteiger partial charge in [0.25, 0.3) is 0 Å². The molecule has 0 spiro atoms. The zero-order valence-electron chi connectivity index (χ0n) is 17.4. The second-order valence-electron chi connectivity index (χ2n) is 7.30. The van der Waals surface area contributed by atoms with E-state index in [9.17, 15) is 9.18 Å². The molecule has 0 saturated heterocycles. The molecule has 0 amide bonds. The van der Waals surface area contributed by atoms with Gasteiger partial charge in [-0.1, -0.05) is 30.3 Å². The van der Waals surface area contributed by atoms with Crippen molar-refractivity contribution in [2.75, 3.05) is 7.11 Å². The summed E-state index contributed by atoms with van der Waals surface area (Å²) in [4.78, 5) is 11.7. The van der Waals surface area contributed by atoms with E-state index < -0.39 is 6.29 Å². The van der Waals surface area contributed by atoms with Gasteiger partial charge in [0.1, 0.15) is 17.3 Å². The average molecular weight is 439 g/mol. The Morgan fingerprint density at radius 1 is 1.10 bits per heavy atom. The number of halogens is 1. The standard InChI is InChI=1S/C25H23FO4S/c1-16(27)18-8-9-23(28-2)20(10-18)14-31-15-21-12-22(26)11-19-13-29-25(30-24(19)21)17-6-4-3-5-7-17/h3-12,25H,13-15H2,1-2H3. The highest BCUT2D eigenvalue weighted by Crippen LogP contribution is 2.38. The van der Waals surface area contributed by atoms with Crippen LogP contribution in [0.1, 0.15) is 45.8 Å². The van der Waals surface area contributed by atoms with E-state index in [2.05, 4.69) is 0 Å². The number of methoxy groups -OCH3 is 1. The number of carbonyl (C=O) groups is 1. The van der Waals surface area contributed by atoms with Crippen molar-refractivity contribution in [2.45, 2.75) is 31.3 Å². The van der Waals surface area contributed by atoms with Gasteiger partial charge >= 0.3 is 0 Å². The van der Waals surface area contributed by atoms with E-state index in [1.165, 1.54) is 12.1 Å². The lowest BCUT2D eigenvalue weighted by Crippen LogP contribution is -2.19. The summed E-state index contributed by atoms with van der Waals surface area (Å²) in [6.45, 7) is 1.83. The molecule has 31 heavy (non-hydrogen) atoms. The summed E-state index contributed by atoms with van der Waals surface area (Å²) in [6.07, 6.45) is -0.518. The Labute approximate surface area is 185 Å². The number of fused-ring (bicyclic) bond motifs is 1. The summed E-state index contributed by atoms with van der Waals surface area (Å²) in [6, 6.07) is 18.1. The summed E-state index contributed by atoms with van der Waals surface area (Å²) in [5, 5.41) is 0. The first-order chi connectivity index (χ1) is 15.0. The Kier molecular flexibility index (Phi) is 6.59. The molecule has 1 heterocycles. The third-order valence-corrected chi connectivity index (χ3v) is 6.13. The van der Waals surface area contributed by atoms with E-state index in [1.807, 2.05) is 42.5 Å². The minimum atomic E-state index is -0.518. The number of Topliss-reactive ketones (excluding diaryl/α,β-unsaturated/α-hetero) is 1. The van der Waals surface area contributed by atoms with E-state index in [1.54, 1.807) is 31.9 Å². The van der Waals surface area contributed by atoms with E-state index >= 15 is 0 Å². The molecular formula is C25H23FO4S. The third-order valence-electron chi connectivity index (χ3n) is 5.10. The first kappa shape index (κ1) is 21.4. The van der Waals surface area contributed by atoms with Crippen LogP contribution >= 0.6 is 11.8 Å². The zero-order chi connectivity index (χ0) is 21.8. The number of carbonyl (C=O) groups excluding carboxylic acids is 1. The predicted octanol–water partition coefficient (Wildman–Crippen LogP) is 6.08. The highest BCUT2D eigenvalue weighted by molar-refractivity contribution is 7.97. The van der Waals surface area contributed by atoms with Crippen molar-refractivity contribution in [3.05, 3.63) is 94.3 Å². The molecule has 0 aromatic heterocycles. The molecule has 3 aromatic carbocycles. The first-order valence-electron chi connectivity index (χ1n) is 9.95. The van der Waals surface area contributed by atoms with Crippen molar-refractivity contribution in [1.29, 1.82) is 0 Å². The summed E-state index contributed by atoms with van der Waals surface area (Å²) in [5.74, 6) is 2.28. The molecule has 1 aliphatic heterocycles. The Balaban J connectivity index is 1.52. The van der Waals surface area contributed by atoms with Crippen LogP contribution in [-0.2, 0) is 22.8 Å². The molecule has 0 fully saturated rings. The lowest BCUT2D eigenvalue weighted by Gasteiger charge is -2.28. The maximum Gasteiger partial charge on any atom is 0.227 e. The SMILES string of the molecule is COc1ccc(C(C)=O)cc1CSCc1cc(F)cc2c1OC(c1ccccc1)OC2. The van der Waals surface area contributed by atoms with E-state index in [-0.39, 0.29) is 11.6 Å². The number of rotatable bonds is 7. The normalized spacial score (nSPS) is 15.1. The van der Waals surface area contributed by atoms with E-state index in [0.29, 0.717) is 35.0 Å². The summed E-state index contributed by atoms with van der Waals surface area (Å²) in [5.41, 5.74) is 3.98. The molecule has 0 radical (unpaired) electrons. The van der Waals surface area contributed by atoms with Crippen LogP contribution in [-0.4, -0.2) is 12.9 Å². The second-order valence-corrected chi connectivity index (χ2v) is 8.29. The van der Waals surface area contributed by atoms with Gasteiger partial charge in [-0.3, -0.25) is 4.79 Å². The van der Waals surface area contributed by atoms with Crippen molar-refractivity contribution >= 4 is 17.5 Å². The number of benzene rings is 3. The summed E-state index contributed by atoms with van der Waals surface area (Å²) < 4.78 is 31.6. The summed E-state index contributed by atoms with van der Waals surface area (Å²) >= 11 is 1.61. The quantitative estimate of drug-likeness (QED) is 0.419. The predicted molar refractivity (Wildman–Crippen MR) is 119 cm³/mol. The van der Waals surface area contributed by atoms with Crippen LogP contribution in [0.2, 0.25) is 0 Å². The van der Waals surface area contributed by atoms with Crippen LogP contribution < -0.4 is 9.47 Å². The van der Waals surface area contributed by atoms with E-state index in [4.69, 9.17) is 14.2 Å². The minimum absolute atomic E-state index is 0.00783. The minimum Gasteiger partial charge on any atom is -0.496 e. The van der Waals surface area contributed by atoms with Gasteiger partial charge in [-0.2, -0.15) is 11.8 Å². The Hall–Kier alpha value is -2.83. The van der Waals surface area contributed by atoms with Gasteiger partial charge in [0.05, 0.1) is 13.7 Å². The number of hydrogen-bond donors (Lipinski definition) is 0. The fourth-order valence-electron chi connectivity index (χ4n) is 3.54. The molecule has 6 heteroatoms. The largest absolute Gasteiger partial charge is 0.496 e. The topological polar surface area (TPSA) is 44.8 Å². The maximum absolute atomic E-state index is 14.2. The Morgan fingerprint density at radius 2 is 1.87 bits per heavy atom. The monoisotopic (exact) mass is 438 g/mol. The molecule has 0 aliphatic carbocycles. The lowest BCUT2D eigenvalue weighted by atomic mass is 10.1. The van der Waals surface area contributed by atoms with E-state index in [0.717, 1.165) is 22.4 Å². The molecule has 160 valence electrons. The fourth-order valence-corrected chi connectivity index (χ4v) is 4.52. The van der Waals surface area contributed by atoms with Crippen LogP contribution in [0.15, 0.2) is 60.7 Å². The summed E-state index contributed by atoms with van der Waals surface area (Å²) in [7, 11) is 1.61. The molecule has 0 N–H and O–H groups in total. The van der Waals surface area contributed by atoms with Crippen LogP contribution in [0, 0.1) is 5.82 Å². The van der Waals surface area contributed by atoms with Gasteiger partial charge in [0.2, 0.25) is 6.29 Å². The van der Waals surface area contributed by atoms with Crippen LogP contribution in [0.5, 0.6) is 11.5 Å². The molecule has 3 aromatic rings. The van der Waals surface area contributed by atoms with Crippen LogP contribution in [0.4, 0.5) is 4.39 Å². The average Bonchev–Trinajstić information content (AvgIpc) is 2.79. The molecule has 4 nitrogen and oxygen atoms in total. The number of hydrogen-bond acceptors (Lipinski definition) is 5. The van der Waals surface area contributed by atoms with Gasteiger partial charge in [-0.15, -0.1) is 0 Å². The Bertz CT molecular complexity index is 1080. The molecule has 1 aliphatic rings. The highest BCUT2D eigenvalue weighted by atomic mass is 32.2. The smallest absolute Gasteiger partial charge is 0.227 e. The maximum atomic E-state index is 14.2. The molecule has 1 atom stereocenters. The lowest BCUT2D eigenvalue weighted by molar-refractivity contribution is -0.112. The first-order valence-corrected chi connectivity index (χ1v) is 11.1. The van der Waals surface area contributed by atoms with Gasteiger partial charge in [-0.05, 0) is 37.3 Å². The number of thioether (sulfide) groups is 1. The van der Waals surface area contributed by atoms with Crippen molar-refractivity contribution < 1.29 is 23.4 Å². The van der Waals surface area contributed by atoms with Crippen LogP contribution in [0.25, 0.3) is 0 Å².